The first kappa shape index (κ1) is 14.2. The highest BCUT2D eigenvalue weighted by molar-refractivity contribution is 6.10. The van der Waals surface area contributed by atoms with Gasteiger partial charge < -0.3 is 10.2 Å². The number of hydrogen-bond donors (Lipinski definition) is 1. The Morgan fingerprint density at radius 1 is 1.22 bits per heavy atom. The van der Waals surface area contributed by atoms with Crippen molar-refractivity contribution in [1.82, 2.24) is 4.98 Å². The van der Waals surface area contributed by atoms with Crippen LogP contribution in [0.15, 0.2) is 42.6 Å². The molecule has 0 radical (unpaired) electrons. The average Bonchev–Trinajstić information content (AvgIpc) is 3.31. The van der Waals surface area contributed by atoms with Crippen LogP contribution in [0.4, 0.5) is 11.5 Å². The van der Waals surface area contributed by atoms with Crippen LogP contribution in [0, 0.1) is 5.92 Å². The summed E-state index contributed by atoms with van der Waals surface area (Å²) < 4.78 is 0. The average molecular weight is 307 g/mol. The van der Waals surface area contributed by atoms with Gasteiger partial charge in [0.1, 0.15) is 5.82 Å². The normalized spacial score (nSPS) is 16.3. The van der Waals surface area contributed by atoms with Crippen molar-refractivity contribution < 1.29 is 4.79 Å². The molecular formula is C19H21N3O. The number of carbonyl (C=O) groups excluding carboxylic acids is 1. The minimum absolute atomic E-state index is 0.0389. The number of aromatic nitrogens is 1. The lowest BCUT2D eigenvalue weighted by molar-refractivity contribution is 0.0990. The highest BCUT2D eigenvalue weighted by Gasteiger charge is 2.27. The van der Waals surface area contributed by atoms with Crippen LogP contribution in [-0.4, -0.2) is 24.0 Å². The molecule has 4 nitrogen and oxygen atoms in total. The molecule has 2 aliphatic rings. The lowest BCUT2D eigenvalue weighted by Crippen LogP contribution is -2.29. The fourth-order valence-electron chi connectivity index (χ4n) is 3.21. The molecular weight excluding hydrogens is 286 g/mol. The molecule has 1 N–H and O–H groups in total. The van der Waals surface area contributed by atoms with Crippen molar-refractivity contribution in [3.05, 3.63) is 53.7 Å². The third-order valence-electron chi connectivity index (χ3n) is 4.71. The number of carbonyl (C=O) groups is 1. The lowest BCUT2D eigenvalue weighted by Gasteiger charge is -2.19. The summed E-state index contributed by atoms with van der Waals surface area (Å²) in [7, 11) is 0. The monoisotopic (exact) mass is 307 g/mol. The quantitative estimate of drug-likeness (QED) is 0.919. The topological polar surface area (TPSA) is 45.2 Å². The molecule has 118 valence electrons. The van der Waals surface area contributed by atoms with E-state index < -0.39 is 0 Å². The van der Waals surface area contributed by atoms with Crippen LogP contribution in [0.1, 0.15) is 35.2 Å². The molecule has 23 heavy (non-hydrogen) atoms. The van der Waals surface area contributed by atoms with Gasteiger partial charge in [-0.15, -0.1) is 0 Å². The third-order valence-corrected chi connectivity index (χ3v) is 4.71. The Labute approximate surface area is 136 Å². The molecule has 1 aliphatic heterocycles. The second kappa shape index (κ2) is 6.03. The Morgan fingerprint density at radius 3 is 2.96 bits per heavy atom. The van der Waals surface area contributed by atoms with E-state index in [4.69, 9.17) is 0 Å². The van der Waals surface area contributed by atoms with Gasteiger partial charge in [0.15, 0.2) is 0 Å². The maximum absolute atomic E-state index is 13.0. The molecule has 0 unspecified atom stereocenters. The summed E-state index contributed by atoms with van der Waals surface area (Å²) in [5, 5.41) is 3.35. The Kier molecular flexibility index (Phi) is 3.74. The van der Waals surface area contributed by atoms with Gasteiger partial charge in [0, 0.05) is 25.0 Å². The Bertz CT molecular complexity index is 724. The van der Waals surface area contributed by atoms with Crippen LogP contribution < -0.4 is 10.2 Å². The van der Waals surface area contributed by atoms with E-state index in [1.807, 2.05) is 35.2 Å². The molecule has 1 amide bonds. The van der Waals surface area contributed by atoms with E-state index in [1.165, 1.54) is 18.4 Å². The fraction of sp³-hybridized carbons (Fsp3) is 0.368. The Balaban J connectivity index is 1.54. The fourth-order valence-corrected chi connectivity index (χ4v) is 3.21. The van der Waals surface area contributed by atoms with E-state index in [9.17, 15) is 4.79 Å². The highest BCUT2D eigenvalue weighted by Crippen LogP contribution is 2.32. The van der Waals surface area contributed by atoms with E-state index >= 15 is 0 Å². The van der Waals surface area contributed by atoms with Gasteiger partial charge in [0.25, 0.3) is 5.91 Å². The first-order valence-corrected chi connectivity index (χ1v) is 8.41. The first-order valence-electron chi connectivity index (χ1n) is 8.41. The Hall–Kier alpha value is -2.36. The van der Waals surface area contributed by atoms with Gasteiger partial charge >= 0.3 is 0 Å². The van der Waals surface area contributed by atoms with Crippen molar-refractivity contribution in [2.24, 2.45) is 5.92 Å². The smallest absolute Gasteiger partial charge is 0.262 e. The molecule has 0 saturated heterocycles. The standard InChI is InChI=1S/C19H21N3O/c23-19(22-13-10-15-4-1-2-6-17(15)22)16-5-3-11-20-18(16)21-12-9-14-7-8-14/h1-6,11,14H,7-10,12-13H2,(H,20,21). The summed E-state index contributed by atoms with van der Waals surface area (Å²) >= 11 is 0. The van der Waals surface area contributed by atoms with Crippen molar-refractivity contribution in [1.29, 1.82) is 0 Å². The largest absolute Gasteiger partial charge is 0.369 e. The molecule has 1 saturated carbocycles. The van der Waals surface area contributed by atoms with Crippen molar-refractivity contribution >= 4 is 17.4 Å². The minimum Gasteiger partial charge on any atom is -0.369 e. The molecule has 1 fully saturated rings. The van der Waals surface area contributed by atoms with Crippen LogP contribution in [0.3, 0.4) is 0 Å². The number of nitrogens with one attached hydrogen (secondary N) is 1. The zero-order chi connectivity index (χ0) is 15.6. The number of pyridine rings is 1. The predicted octanol–water partition coefficient (Wildman–Crippen LogP) is 3.50. The van der Waals surface area contributed by atoms with Crippen LogP contribution in [0.25, 0.3) is 0 Å². The third kappa shape index (κ3) is 2.93. The second-order valence-electron chi connectivity index (χ2n) is 6.39. The first-order chi connectivity index (χ1) is 11.3. The maximum Gasteiger partial charge on any atom is 0.262 e. The zero-order valence-corrected chi connectivity index (χ0v) is 13.2. The number of amides is 1. The summed E-state index contributed by atoms with van der Waals surface area (Å²) in [6, 6.07) is 11.8. The number of nitrogens with zero attached hydrogens (tertiary/aromatic N) is 2. The van der Waals surface area contributed by atoms with E-state index in [2.05, 4.69) is 16.4 Å². The molecule has 2 aromatic rings. The zero-order valence-electron chi connectivity index (χ0n) is 13.2. The highest BCUT2D eigenvalue weighted by atomic mass is 16.2. The summed E-state index contributed by atoms with van der Waals surface area (Å²) in [6.45, 7) is 1.63. The van der Waals surface area contributed by atoms with Crippen LogP contribution >= 0.6 is 0 Å². The maximum atomic E-state index is 13.0. The molecule has 1 aromatic heterocycles. The summed E-state index contributed by atoms with van der Waals surface area (Å²) in [5.41, 5.74) is 2.94. The summed E-state index contributed by atoms with van der Waals surface area (Å²) in [6.07, 6.45) is 6.53. The van der Waals surface area contributed by atoms with Gasteiger partial charge in [-0.05, 0) is 42.5 Å². The second-order valence-corrected chi connectivity index (χ2v) is 6.39. The Morgan fingerprint density at radius 2 is 2.09 bits per heavy atom. The summed E-state index contributed by atoms with van der Waals surface area (Å²) in [4.78, 5) is 19.2. The summed E-state index contributed by atoms with van der Waals surface area (Å²) in [5.74, 6) is 1.62. The lowest BCUT2D eigenvalue weighted by atomic mass is 10.1. The van der Waals surface area contributed by atoms with Crippen LogP contribution in [0.5, 0.6) is 0 Å². The molecule has 4 heteroatoms. The van der Waals surface area contributed by atoms with Crippen molar-refractivity contribution in [3.8, 4) is 0 Å². The van der Waals surface area contributed by atoms with Crippen molar-refractivity contribution in [2.45, 2.75) is 25.7 Å². The van der Waals surface area contributed by atoms with Gasteiger partial charge in [0.05, 0.1) is 5.56 Å². The van der Waals surface area contributed by atoms with Gasteiger partial charge in [-0.2, -0.15) is 0 Å². The predicted molar refractivity (Wildman–Crippen MR) is 91.9 cm³/mol. The van der Waals surface area contributed by atoms with Gasteiger partial charge in [-0.1, -0.05) is 31.0 Å². The number of para-hydroxylation sites is 1. The molecule has 0 spiro atoms. The number of benzene rings is 1. The van der Waals surface area contributed by atoms with Crippen molar-refractivity contribution in [3.63, 3.8) is 0 Å². The van der Waals surface area contributed by atoms with E-state index in [0.717, 1.165) is 37.5 Å². The van der Waals surface area contributed by atoms with E-state index in [1.54, 1.807) is 6.20 Å². The van der Waals surface area contributed by atoms with Crippen LogP contribution in [-0.2, 0) is 6.42 Å². The SMILES string of the molecule is O=C(c1cccnc1NCCC1CC1)N1CCc2ccccc21. The van der Waals surface area contributed by atoms with Gasteiger partial charge in [-0.25, -0.2) is 4.98 Å². The van der Waals surface area contributed by atoms with Gasteiger partial charge in [-0.3, -0.25) is 4.79 Å². The molecule has 1 aliphatic carbocycles. The van der Waals surface area contributed by atoms with E-state index in [-0.39, 0.29) is 5.91 Å². The minimum atomic E-state index is 0.0389. The van der Waals surface area contributed by atoms with Crippen LogP contribution in [0.2, 0.25) is 0 Å². The molecule has 0 bridgehead atoms. The number of rotatable bonds is 5. The molecule has 4 rings (SSSR count). The van der Waals surface area contributed by atoms with Crippen molar-refractivity contribution in [2.75, 3.05) is 23.3 Å². The number of anilines is 2. The molecule has 2 heterocycles. The van der Waals surface area contributed by atoms with Gasteiger partial charge in [0.2, 0.25) is 0 Å². The molecule has 0 atom stereocenters. The van der Waals surface area contributed by atoms with E-state index in [0.29, 0.717) is 11.4 Å². The molecule has 1 aromatic carbocycles. The number of hydrogen-bond acceptors (Lipinski definition) is 3. The number of fused-ring (bicyclic) bond motifs is 1.